The van der Waals surface area contributed by atoms with Gasteiger partial charge in [0.2, 0.25) is 5.91 Å². The van der Waals surface area contributed by atoms with Gasteiger partial charge >= 0.3 is 0 Å². The maximum atomic E-state index is 13.1. The second-order valence-corrected chi connectivity index (χ2v) is 7.76. The standard InChI is InChI=1S/C21H28N4O2.ClH/c1-24-13-18(9-23-24)19-10-22-11-20(19)21(26)25-8-7-17(12-25)15-27-14-16-5-3-2-4-6-16;/h2-6,9,13,17,19-20,22H,7-8,10-12,14-15H2,1H3;1H/t17?,19-,20+;/m1./s1. The van der Waals surface area contributed by atoms with E-state index in [0.29, 0.717) is 19.1 Å². The van der Waals surface area contributed by atoms with Crippen LogP contribution in [0, 0.1) is 11.8 Å². The zero-order valence-corrected chi connectivity index (χ0v) is 17.1. The number of ether oxygens (including phenoxy) is 1. The van der Waals surface area contributed by atoms with Gasteiger partial charge in [-0.2, -0.15) is 5.10 Å². The van der Waals surface area contributed by atoms with E-state index in [1.165, 1.54) is 5.56 Å². The monoisotopic (exact) mass is 404 g/mol. The molecule has 1 N–H and O–H groups in total. The molecule has 0 bridgehead atoms. The molecular formula is C21H29ClN4O2. The van der Waals surface area contributed by atoms with Gasteiger partial charge in [-0.15, -0.1) is 12.4 Å². The van der Waals surface area contributed by atoms with Gasteiger partial charge in [-0.25, -0.2) is 0 Å². The average molecular weight is 405 g/mol. The Labute approximate surface area is 172 Å². The fraction of sp³-hybridized carbons (Fsp3) is 0.524. The van der Waals surface area contributed by atoms with Gasteiger partial charge in [-0.05, 0) is 17.5 Å². The highest BCUT2D eigenvalue weighted by Gasteiger charge is 2.39. The fourth-order valence-electron chi connectivity index (χ4n) is 4.24. The Kier molecular flexibility index (Phi) is 7.10. The number of amides is 1. The molecule has 2 saturated heterocycles. The molecular weight excluding hydrogens is 376 g/mol. The van der Waals surface area contributed by atoms with Crippen molar-refractivity contribution in [3.63, 3.8) is 0 Å². The Bertz CT molecular complexity index is 767. The van der Waals surface area contributed by atoms with Crippen LogP contribution in [-0.2, 0) is 23.2 Å². The first-order valence-corrected chi connectivity index (χ1v) is 9.80. The smallest absolute Gasteiger partial charge is 0.227 e. The molecule has 1 unspecified atom stereocenters. The van der Waals surface area contributed by atoms with Gasteiger partial charge in [0.05, 0.1) is 25.3 Å². The van der Waals surface area contributed by atoms with Crippen molar-refractivity contribution in [2.75, 3.05) is 32.8 Å². The number of aryl methyl sites for hydroxylation is 1. The summed E-state index contributed by atoms with van der Waals surface area (Å²) in [5.74, 6) is 0.945. The molecule has 0 saturated carbocycles. The molecule has 28 heavy (non-hydrogen) atoms. The molecule has 0 radical (unpaired) electrons. The minimum atomic E-state index is 0. The largest absolute Gasteiger partial charge is 0.376 e. The topological polar surface area (TPSA) is 59.4 Å². The molecule has 1 amide bonds. The number of hydrogen-bond acceptors (Lipinski definition) is 4. The summed E-state index contributed by atoms with van der Waals surface area (Å²) < 4.78 is 7.70. The van der Waals surface area contributed by atoms with Crippen molar-refractivity contribution in [3.05, 3.63) is 53.9 Å². The van der Waals surface area contributed by atoms with E-state index >= 15 is 0 Å². The molecule has 6 nitrogen and oxygen atoms in total. The molecule has 1 aromatic heterocycles. The number of carbonyl (C=O) groups is 1. The van der Waals surface area contributed by atoms with Crippen LogP contribution in [0.5, 0.6) is 0 Å². The fourth-order valence-corrected chi connectivity index (χ4v) is 4.24. The van der Waals surface area contributed by atoms with E-state index in [-0.39, 0.29) is 30.2 Å². The summed E-state index contributed by atoms with van der Waals surface area (Å²) in [6.45, 7) is 4.61. The molecule has 2 aliphatic rings. The van der Waals surface area contributed by atoms with Crippen molar-refractivity contribution >= 4 is 18.3 Å². The Balaban J connectivity index is 0.00000225. The highest BCUT2D eigenvalue weighted by atomic mass is 35.5. The van der Waals surface area contributed by atoms with E-state index in [2.05, 4.69) is 22.5 Å². The lowest BCUT2D eigenvalue weighted by Crippen LogP contribution is -2.37. The van der Waals surface area contributed by atoms with Crippen molar-refractivity contribution in [2.45, 2.75) is 18.9 Å². The Morgan fingerprint density at radius 3 is 2.86 bits per heavy atom. The van der Waals surface area contributed by atoms with E-state index in [9.17, 15) is 4.79 Å². The van der Waals surface area contributed by atoms with Crippen molar-refractivity contribution in [2.24, 2.45) is 18.9 Å². The van der Waals surface area contributed by atoms with Gasteiger partial charge in [0.15, 0.2) is 0 Å². The molecule has 3 heterocycles. The van der Waals surface area contributed by atoms with Crippen LogP contribution in [0.3, 0.4) is 0 Å². The lowest BCUT2D eigenvalue weighted by molar-refractivity contribution is -0.134. The normalized spacial score (nSPS) is 24.3. The van der Waals surface area contributed by atoms with Crippen LogP contribution in [-0.4, -0.2) is 53.4 Å². The van der Waals surface area contributed by atoms with Crippen molar-refractivity contribution in [1.82, 2.24) is 20.0 Å². The van der Waals surface area contributed by atoms with Gasteiger partial charge in [-0.1, -0.05) is 30.3 Å². The van der Waals surface area contributed by atoms with Crippen LogP contribution in [0.25, 0.3) is 0 Å². The van der Waals surface area contributed by atoms with Crippen LogP contribution >= 0.6 is 12.4 Å². The number of benzene rings is 1. The summed E-state index contributed by atoms with van der Waals surface area (Å²) in [5.41, 5.74) is 2.35. The van der Waals surface area contributed by atoms with Crippen LogP contribution in [0.2, 0.25) is 0 Å². The number of carbonyl (C=O) groups excluding carboxylic acids is 1. The first-order chi connectivity index (χ1) is 13.2. The minimum Gasteiger partial charge on any atom is -0.376 e. The summed E-state index contributed by atoms with van der Waals surface area (Å²) in [6, 6.07) is 10.2. The van der Waals surface area contributed by atoms with Crippen molar-refractivity contribution in [3.8, 4) is 0 Å². The number of nitrogens with zero attached hydrogens (tertiary/aromatic N) is 3. The van der Waals surface area contributed by atoms with E-state index < -0.39 is 0 Å². The van der Waals surface area contributed by atoms with Crippen molar-refractivity contribution < 1.29 is 9.53 Å². The van der Waals surface area contributed by atoms with Gasteiger partial charge in [0.1, 0.15) is 0 Å². The van der Waals surface area contributed by atoms with E-state index in [0.717, 1.165) is 38.2 Å². The summed E-state index contributed by atoms with van der Waals surface area (Å²) >= 11 is 0. The molecule has 2 aliphatic heterocycles. The van der Waals surface area contributed by atoms with Crippen LogP contribution in [0.15, 0.2) is 42.7 Å². The zero-order chi connectivity index (χ0) is 18.6. The maximum Gasteiger partial charge on any atom is 0.227 e. The first-order valence-electron chi connectivity index (χ1n) is 9.80. The van der Waals surface area contributed by atoms with Crippen LogP contribution in [0.4, 0.5) is 0 Å². The average Bonchev–Trinajstić information content (AvgIpc) is 3.42. The molecule has 2 aromatic rings. The Hall–Kier alpha value is -1.89. The SMILES string of the molecule is Cl.Cn1cc([C@H]2CNC[C@@H]2C(=O)N2CCC(COCc3ccccc3)C2)cn1. The van der Waals surface area contributed by atoms with Gasteiger partial charge < -0.3 is 15.0 Å². The predicted molar refractivity (Wildman–Crippen MR) is 110 cm³/mol. The third-order valence-electron chi connectivity index (χ3n) is 5.75. The van der Waals surface area contributed by atoms with Gasteiger partial charge in [0, 0.05) is 51.3 Å². The molecule has 4 rings (SSSR count). The predicted octanol–water partition coefficient (Wildman–Crippen LogP) is 2.21. The molecule has 7 heteroatoms. The maximum absolute atomic E-state index is 13.1. The number of aromatic nitrogens is 2. The number of rotatable bonds is 6. The second kappa shape index (κ2) is 9.54. The minimum absolute atomic E-state index is 0. The molecule has 2 fully saturated rings. The lowest BCUT2D eigenvalue weighted by Gasteiger charge is -2.24. The molecule has 3 atom stereocenters. The number of likely N-dealkylation sites (tertiary alicyclic amines) is 1. The zero-order valence-electron chi connectivity index (χ0n) is 16.3. The highest BCUT2D eigenvalue weighted by Crippen LogP contribution is 2.31. The molecule has 152 valence electrons. The molecule has 0 aliphatic carbocycles. The summed E-state index contributed by atoms with van der Waals surface area (Å²) in [7, 11) is 1.92. The third kappa shape index (κ3) is 4.74. The van der Waals surface area contributed by atoms with Crippen molar-refractivity contribution in [1.29, 1.82) is 0 Å². The Morgan fingerprint density at radius 1 is 1.29 bits per heavy atom. The van der Waals surface area contributed by atoms with E-state index in [1.54, 1.807) is 0 Å². The van der Waals surface area contributed by atoms with E-state index in [4.69, 9.17) is 4.74 Å². The van der Waals surface area contributed by atoms with Gasteiger partial charge in [-0.3, -0.25) is 9.48 Å². The summed E-state index contributed by atoms with van der Waals surface area (Å²) in [4.78, 5) is 15.1. The van der Waals surface area contributed by atoms with Crippen LogP contribution < -0.4 is 5.32 Å². The van der Waals surface area contributed by atoms with Gasteiger partial charge in [0.25, 0.3) is 0 Å². The van der Waals surface area contributed by atoms with Crippen LogP contribution in [0.1, 0.15) is 23.5 Å². The molecule has 1 aromatic carbocycles. The summed E-state index contributed by atoms with van der Waals surface area (Å²) in [6.07, 6.45) is 4.95. The number of nitrogens with one attached hydrogen (secondary N) is 1. The van der Waals surface area contributed by atoms with E-state index in [1.807, 2.05) is 47.2 Å². The lowest BCUT2D eigenvalue weighted by atomic mass is 9.90. The number of hydrogen-bond donors (Lipinski definition) is 1. The third-order valence-corrected chi connectivity index (χ3v) is 5.75. The second-order valence-electron chi connectivity index (χ2n) is 7.76. The quantitative estimate of drug-likeness (QED) is 0.801. The summed E-state index contributed by atoms with van der Waals surface area (Å²) in [5, 5.41) is 7.66. The Morgan fingerprint density at radius 2 is 2.11 bits per heavy atom. The molecule has 0 spiro atoms. The first kappa shape index (κ1) is 20.8. The number of halogens is 1. The highest BCUT2D eigenvalue weighted by molar-refractivity contribution is 5.85.